The normalized spacial score (nSPS) is 11.2. The molecule has 0 fully saturated rings. The molecular weight excluding hydrogens is 451 g/mol. The lowest BCUT2D eigenvalue weighted by atomic mass is 10.2. The second kappa shape index (κ2) is 9.32. The number of nitrogens with one attached hydrogen (secondary N) is 1. The number of halogens is 5. The summed E-state index contributed by atoms with van der Waals surface area (Å²) in [5.74, 6) is 0.202. The van der Waals surface area contributed by atoms with Crippen LogP contribution in [0.2, 0.25) is 5.02 Å². The summed E-state index contributed by atoms with van der Waals surface area (Å²) in [7, 11) is 0. The molecule has 0 aliphatic heterocycles. The van der Waals surface area contributed by atoms with Crippen LogP contribution in [0.15, 0.2) is 40.9 Å². The molecule has 27 heavy (non-hydrogen) atoms. The second-order valence-electron chi connectivity index (χ2n) is 5.39. The van der Waals surface area contributed by atoms with E-state index in [-0.39, 0.29) is 23.3 Å². The highest BCUT2D eigenvalue weighted by Crippen LogP contribution is 2.37. The van der Waals surface area contributed by atoms with E-state index < -0.39 is 11.7 Å². The largest absolute Gasteiger partial charge is 0.464 e. The van der Waals surface area contributed by atoms with Gasteiger partial charge >= 0.3 is 12.1 Å². The van der Waals surface area contributed by atoms with Gasteiger partial charge in [0.1, 0.15) is 18.1 Å². The van der Waals surface area contributed by atoms with E-state index in [0.29, 0.717) is 24.4 Å². The summed E-state index contributed by atoms with van der Waals surface area (Å²) in [6.07, 6.45) is -4.17. The molecule has 9 heteroatoms. The van der Waals surface area contributed by atoms with Gasteiger partial charge in [0.15, 0.2) is 0 Å². The van der Waals surface area contributed by atoms with Crippen LogP contribution < -0.4 is 10.1 Å². The van der Waals surface area contributed by atoms with E-state index in [2.05, 4.69) is 21.2 Å². The first-order valence-electron chi connectivity index (χ1n) is 7.94. The average molecular weight is 467 g/mol. The van der Waals surface area contributed by atoms with Crippen LogP contribution in [-0.4, -0.2) is 19.1 Å². The average Bonchev–Trinajstić information content (AvgIpc) is 2.61. The first-order valence-corrected chi connectivity index (χ1v) is 9.11. The molecule has 2 aromatic rings. The van der Waals surface area contributed by atoms with E-state index in [1.165, 1.54) is 6.07 Å². The van der Waals surface area contributed by atoms with Crippen molar-refractivity contribution < 1.29 is 27.4 Å². The molecule has 0 aliphatic carbocycles. The fraction of sp³-hybridized carbons (Fsp3) is 0.278. The topological polar surface area (TPSA) is 47.6 Å². The molecule has 0 radical (unpaired) electrons. The van der Waals surface area contributed by atoms with Crippen molar-refractivity contribution in [2.45, 2.75) is 19.5 Å². The Hall–Kier alpha value is -1.93. The number of alkyl halides is 3. The van der Waals surface area contributed by atoms with Gasteiger partial charge in [-0.2, -0.15) is 13.2 Å². The molecule has 0 spiro atoms. The lowest BCUT2D eigenvalue weighted by Gasteiger charge is -2.13. The van der Waals surface area contributed by atoms with Gasteiger partial charge in [-0.3, -0.25) is 4.79 Å². The Morgan fingerprint density at radius 1 is 1.22 bits per heavy atom. The Kier molecular flexibility index (Phi) is 7.38. The number of esters is 1. The number of anilines is 1. The quantitative estimate of drug-likeness (QED) is 0.385. The van der Waals surface area contributed by atoms with Gasteiger partial charge in [-0.15, -0.1) is 0 Å². The molecule has 0 bridgehead atoms. The van der Waals surface area contributed by atoms with Gasteiger partial charge in [0, 0.05) is 23.5 Å². The molecule has 0 atom stereocenters. The van der Waals surface area contributed by atoms with Gasteiger partial charge in [0.2, 0.25) is 0 Å². The smallest absolute Gasteiger partial charge is 0.416 e. The van der Waals surface area contributed by atoms with Gasteiger partial charge in [0.25, 0.3) is 0 Å². The highest BCUT2D eigenvalue weighted by atomic mass is 79.9. The molecule has 0 heterocycles. The van der Waals surface area contributed by atoms with Crippen molar-refractivity contribution in [3.8, 4) is 11.5 Å². The molecule has 146 valence electrons. The summed E-state index contributed by atoms with van der Waals surface area (Å²) >= 11 is 9.28. The number of carbonyl (C=O) groups excluding carboxylic acids is 1. The molecular formula is C18H16BrClF3NO3. The summed E-state index contributed by atoms with van der Waals surface area (Å²) in [5, 5.41) is 2.93. The third-order valence-electron chi connectivity index (χ3n) is 3.39. The summed E-state index contributed by atoms with van der Waals surface area (Å²) in [5.41, 5.74) is -0.178. The lowest BCUT2D eigenvalue weighted by molar-refractivity contribution is -0.142. The van der Waals surface area contributed by atoms with E-state index in [1.54, 1.807) is 25.1 Å². The summed E-state index contributed by atoms with van der Waals surface area (Å²) in [6, 6.07) is 7.90. The Balaban J connectivity index is 2.06. The van der Waals surface area contributed by atoms with Gasteiger partial charge in [-0.05, 0) is 46.3 Å². The third-order valence-corrected chi connectivity index (χ3v) is 4.38. The zero-order chi connectivity index (χ0) is 20.0. The van der Waals surface area contributed by atoms with Crippen LogP contribution in [0.25, 0.3) is 0 Å². The van der Waals surface area contributed by atoms with Crippen LogP contribution >= 0.6 is 27.5 Å². The maximum Gasteiger partial charge on any atom is 0.416 e. The summed E-state index contributed by atoms with van der Waals surface area (Å²) in [6.45, 7) is 2.29. The Labute approximate surface area is 167 Å². The van der Waals surface area contributed by atoms with Crippen molar-refractivity contribution in [2.24, 2.45) is 0 Å². The molecule has 0 saturated heterocycles. The molecule has 2 rings (SSSR count). The zero-order valence-electron chi connectivity index (χ0n) is 14.2. The monoisotopic (exact) mass is 465 g/mol. The van der Waals surface area contributed by atoms with Crippen molar-refractivity contribution in [1.29, 1.82) is 0 Å². The van der Waals surface area contributed by atoms with Crippen LogP contribution in [0, 0.1) is 0 Å². The maximum atomic E-state index is 12.7. The molecule has 4 nitrogen and oxygen atoms in total. The number of hydrogen-bond donors (Lipinski definition) is 1. The number of ether oxygens (including phenoxy) is 2. The third kappa shape index (κ3) is 6.32. The van der Waals surface area contributed by atoms with E-state index in [4.69, 9.17) is 21.1 Å². The molecule has 2 aromatic carbocycles. The molecule has 0 saturated carbocycles. The van der Waals surface area contributed by atoms with Crippen LogP contribution in [0.4, 0.5) is 18.9 Å². The van der Waals surface area contributed by atoms with E-state index in [1.807, 2.05) is 0 Å². The number of carbonyl (C=O) groups is 1. The van der Waals surface area contributed by atoms with Gasteiger partial charge in [-0.1, -0.05) is 18.5 Å². The zero-order valence-corrected chi connectivity index (χ0v) is 16.5. The standard InChI is InChI=1S/C18H16BrClF3NO3/c1-2-17(25)26-8-7-24-15-10-12(4-5-13(15)19)27-16-6-3-11(9-14(16)20)18(21,22)23/h3-6,9-10,24H,2,7-8H2,1H3. The molecule has 0 amide bonds. The van der Waals surface area contributed by atoms with Gasteiger partial charge in [0.05, 0.1) is 16.3 Å². The fourth-order valence-electron chi connectivity index (χ4n) is 2.04. The van der Waals surface area contributed by atoms with Gasteiger partial charge < -0.3 is 14.8 Å². The predicted molar refractivity (Wildman–Crippen MR) is 100 cm³/mol. The first kappa shape index (κ1) is 21.4. The predicted octanol–water partition coefficient (Wildman–Crippen LogP) is 6.28. The van der Waals surface area contributed by atoms with Crippen LogP contribution in [-0.2, 0) is 15.7 Å². The Bertz CT molecular complexity index is 815. The minimum absolute atomic E-state index is 0.106. The molecule has 0 aliphatic rings. The highest BCUT2D eigenvalue weighted by Gasteiger charge is 2.31. The number of benzene rings is 2. The molecule has 0 unspecified atom stereocenters. The SMILES string of the molecule is CCC(=O)OCCNc1cc(Oc2ccc(C(F)(F)F)cc2Cl)ccc1Br. The Morgan fingerprint density at radius 3 is 2.59 bits per heavy atom. The van der Waals surface area contributed by atoms with Crippen molar-refractivity contribution in [2.75, 3.05) is 18.5 Å². The van der Waals surface area contributed by atoms with Crippen molar-refractivity contribution in [3.05, 3.63) is 51.5 Å². The fourth-order valence-corrected chi connectivity index (χ4v) is 2.65. The van der Waals surface area contributed by atoms with Crippen molar-refractivity contribution >= 4 is 39.2 Å². The van der Waals surface area contributed by atoms with Crippen LogP contribution in [0.5, 0.6) is 11.5 Å². The van der Waals surface area contributed by atoms with Crippen LogP contribution in [0.1, 0.15) is 18.9 Å². The van der Waals surface area contributed by atoms with E-state index >= 15 is 0 Å². The number of hydrogen-bond acceptors (Lipinski definition) is 4. The molecule has 1 N–H and O–H groups in total. The first-order chi connectivity index (χ1) is 12.7. The van der Waals surface area contributed by atoms with E-state index in [9.17, 15) is 18.0 Å². The summed E-state index contributed by atoms with van der Waals surface area (Å²) < 4.78 is 49.4. The van der Waals surface area contributed by atoms with Crippen molar-refractivity contribution in [1.82, 2.24) is 0 Å². The minimum Gasteiger partial charge on any atom is -0.464 e. The Morgan fingerprint density at radius 2 is 1.96 bits per heavy atom. The summed E-state index contributed by atoms with van der Waals surface area (Å²) in [4.78, 5) is 11.1. The second-order valence-corrected chi connectivity index (χ2v) is 6.65. The van der Waals surface area contributed by atoms with Crippen molar-refractivity contribution in [3.63, 3.8) is 0 Å². The minimum atomic E-state index is -4.47. The van der Waals surface area contributed by atoms with Gasteiger partial charge in [-0.25, -0.2) is 0 Å². The highest BCUT2D eigenvalue weighted by molar-refractivity contribution is 9.10. The molecule has 0 aromatic heterocycles. The maximum absolute atomic E-state index is 12.7. The number of rotatable bonds is 7. The van der Waals surface area contributed by atoms with Crippen LogP contribution in [0.3, 0.4) is 0 Å². The van der Waals surface area contributed by atoms with E-state index in [0.717, 1.165) is 16.6 Å². The lowest BCUT2D eigenvalue weighted by Crippen LogP contribution is -2.13.